The third-order valence-electron chi connectivity index (χ3n) is 5.67. The van der Waals surface area contributed by atoms with Crippen molar-refractivity contribution in [1.29, 1.82) is 0 Å². The molecule has 1 saturated heterocycles. The predicted molar refractivity (Wildman–Crippen MR) is 97.9 cm³/mol. The van der Waals surface area contributed by atoms with Crippen LogP contribution in [0.5, 0.6) is 5.75 Å². The van der Waals surface area contributed by atoms with Crippen LogP contribution in [0.15, 0.2) is 24.3 Å². The maximum Gasteiger partial charge on any atom is 0.325 e. The topological polar surface area (TPSA) is 78.9 Å². The van der Waals surface area contributed by atoms with E-state index in [1.807, 2.05) is 31.2 Å². The molecule has 0 bridgehead atoms. The molecule has 3 atom stereocenters. The van der Waals surface area contributed by atoms with Gasteiger partial charge in [0.05, 0.1) is 6.54 Å². The molecule has 6 heteroatoms. The minimum atomic E-state index is -0.926. The van der Waals surface area contributed by atoms with Crippen LogP contribution >= 0.6 is 0 Å². The zero-order valence-corrected chi connectivity index (χ0v) is 15.5. The fourth-order valence-electron chi connectivity index (χ4n) is 3.94. The van der Waals surface area contributed by atoms with Gasteiger partial charge < -0.3 is 15.2 Å². The molecule has 1 aromatic rings. The van der Waals surface area contributed by atoms with E-state index < -0.39 is 17.7 Å². The number of rotatable bonds is 6. The first-order valence-corrected chi connectivity index (χ1v) is 9.50. The molecule has 6 nitrogen and oxygen atoms in total. The Bertz CT molecular complexity index is 660. The minimum absolute atomic E-state index is 0.0328. The fourth-order valence-corrected chi connectivity index (χ4v) is 3.94. The number of nitrogens with one attached hydrogen (secondary N) is 1. The average molecular weight is 360 g/mol. The molecule has 3 amide bonds. The number of nitrogens with zero attached hydrogens (tertiary/aromatic N) is 1. The third-order valence-corrected chi connectivity index (χ3v) is 5.67. The van der Waals surface area contributed by atoms with E-state index in [0.29, 0.717) is 12.2 Å². The summed E-state index contributed by atoms with van der Waals surface area (Å²) in [5.74, 6) is 0.569. The summed E-state index contributed by atoms with van der Waals surface area (Å²) in [7, 11) is 0. The van der Waals surface area contributed by atoms with Crippen LogP contribution in [0, 0.1) is 5.92 Å². The van der Waals surface area contributed by atoms with E-state index in [2.05, 4.69) is 12.2 Å². The predicted octanol–water partition coefficient (Wildman–Crippen LogP) is 2.49. The molecule has 1 aliphatic carbocycles. The molecule has 0 aromatic heterocycles. The molecule has 1 heterocycles. The molecule has 1 aromatic carbocycles. The number of carbonyl (C=O) groups excluding carboxylic acids is 2. The summed E-state index contributed by atoms with van der Waals surface area (Å²) in [6, 6.07) is 7.27. The largest absolute Gasteiger partial charge is 0.491 e. The lowest BCUT2D eigenvalue weighted by atomic mass is 9.73. The highest BCUT2D eigenvalue weighted by molar-refractivity contribution is 6.07. The number of imide groups is 1. The van der Waals surface area contributed by atoms with Crippen molar-refractivity contribution in [1.82, 2.24) is 10.2 Å². The maximum absolute atomic E-state index is 12.9. The number of benzene rings is 1. The Kier molecular flexibility index (Phi) is 5.51. The molecule has 3 rings (SSSR count). The van der Waals surface area contributed by atoms with Gasteiger partial charge in [-0.2, -0.15) is 0 Å². The van der Waals surface area contributed by atoms with E-state index >= 15 is 0 Å². The van der Waals surface area contributed by atoms with E-state index in [4.69, 9.17) is 4.74 Å². The zero-order chi connectivity index (χ0) is 18.7. The van der Waals surface area contributed by atoms with Gasteiger partial charge in [-0.15, -0.1) is 0 Å². The molecule has 1 spiro atoms. The number of amides is 3. The standard InChI is InChI=1S/C20H28N2O4/c1-3-15-7-9-17(10-8-15)26-13-16(23)12-22-18(24)20(21-19(22)25)11-5-4-6-14(20)2/h7-10,14,16,23H,3-6,11-13H2,1-2H3,(H,21,25). The number of hydrogen-bond donors (Lipinski definition) is 2. The van der Waals surface area contributed by atoms with E-state index in [-0.39, 0.29) is 25.0 Å². The molecule has 0 radical (unpaired) electrons. The molecule has 2 aliphatic rings. The fraction of sp³-hybridized carbons (Fsp3) is 0.600. The van der Waals surface area contributed by atoms with Crippen LogP contribution in [0.25, 0.3) is 0 Å². The van der Waals surface area contributed by atoms with Gasteiger partial charge in [0.15, 0.2) is 0 Å². The Morgan fingerprint density at radius 1 is 1.31 bits per heavy atom. The quantitative estimate of drug-likeness (QED) is 0.764. The van der Waals surface area contributed by atoms with Gasteiger partial charge in [0, 0.05) is 0 Å². The summed E-state index contributed by atoms with van der Waals surface area (Å²) in [5.41, 5.74) is 0.426. The highest BCUT2D eigenvalue weighted by atomic mass is 16.5. The molecular formula is C20H28N2O4. The zero-order valence-electron chi connectivity index (χ0n) is 15.5. The second-order valence-corrected chi connectivity index (χ2v) is 7.43. The van der Waals surface area contributed by atoms with Crippen molar-refractivity contribution in [2.24, 2.45) is 5.92 Å². The Labute approximate surface area is 154 Å². The van der Waals surface area contributed by atoms with Gasteiger partial charge in [-0.1, -0.05) is 38.8 Å². The van der Waals surface area contributed by atoms with Crippen molar-refractivity contribution in [2.75, 3.05) is 13.2 Å². The van der Waals surface area contributed by atoms with Crippen molar-refractivity contribution in [2.45, 2.75) is 57.6 Å². The van der Waals surface area contributed by atoms with Crippen molar-refractivity contribution >= 4 is 11.9 Å². The molecule has 3 unspecified atom stereocenters. The Morgan fingerprint density at radius 3 is 2.69 bits per heavy atom. The second kappa shape index (κ2) is 7.66. The van der Waals surface area contributed by atoms with Crippen LogP contribution in [0.3, 0.4) is 0 Å². The molecule has 26 heavy (non-hydrogen) atoms. The number of aliphatic hydroxyl groups excluding tert-OH is 1. The maximum atomic E-state index is 12.9. The lowest BCUT2D eigenvalue weighted by molar-refractivity contribution is -0.135. The number of aryl methyl sites for hydroxylation is 1. The Balaban J connectivity index is 1.57. The normalized spacial score (nSPS) is 26.9. The van der Waals surface area contributed by atoms with Gasteiger partial charge in [-0.05, 0) is 42.9 Å². The molecule has 2 N–H and O–H groups in total. The first-order chi connectivity index (χ1) is 12.5. The minimum Gasteiger partial charge on any atom is -0.491 e. The summed E-state index contributed by atoms with van der Waals surface area (Å²) in [5, 5.41) is 13.2. The Morgan fingerprint density at radius 2 is 2.04 bits per heavy atom. The lowest BCUT2D eigenvalue weighted by Crippen LogP contribution is -2.54. The van der Waals surface area contributed by atoms with Crippen LogP contribution < -0.4 is 10.1 Å². The summed E-state index contributed by atoms with van der Waals surface area (Å²) < 4.78 is 5.59. The van der Waals surface area contributed by atoms with Gasteiger partial charge in [-0.3, -0.25) is 9.69 Å². The van der Waals surface area contributed by atoms with Crippen LogP contribution in [-0.2, 0) is 11.2 Å². The van der Waals surface area contributed by atoms with Gasteiger partial charge >= 0.3 is 6.03 Å². The van der Waals surface area contributed by atoms with Crippen molar-refractivity contribution in [3.8, 4) is 5.75 Å². The van der Waals surface area contributed by atoms with E-state index in [0.717, 1.165) is 30.6 Å². The molecule has 1 saturated carbocycles. The average Bonchev–Trinajstić information content (AvgIpc) is 2.88. The summed E-state index contributed by atoms with van der Waals surface area (Å²) in [6.07, 6.45) is 3.65. The smallest absolute Gasteiger partial charge is 0.325 e. The first kappa shape index (κ1) is 18.7. The highest BCUT2D eigenvalue weighted by Gasteiger charge is 2.54. The van der Waals surface area contributed by atoms with Crippen LogP contribution in [-0.4, -0.2) is 46.7 Å². The molecular weight excluding hydrogens is 332 g/mol. The van der Waals surface area contributed by atoms with Crippen molar-refractivity contribution in [3.63, 3.8) is 0 Å². The SMILES string of the molecule is CCc1ccc(OCC(O)CN2C(=O)NC3(CCCCC3C)C2=O)cc1. The summed E-state index contributed by atoms with van der Waals surface area (Å²) in [6.45, 7) is 4.08. The monoisotopic (exact) mass is 360 g/mol. The van der Waals surface area contributed by atoms with E-state index in [1.165, 1.54) is 5.56 Å². The summed E-state index contributed by atoms with van der Waals surface area (Å²) in [4.78, 5) is 26.3. The van der Waals surface area contributed by atoms with Crippen LogP contribution in [0.1, 0.15) is 45.1 Å². The van der Waals surface area contributed by atoms with E-state index in [9.17, 15) is 14.7 Å². The third kappa shape index (κ3) is 3.56. The van der Waals surface area contributed by atoms with Crippen LogP contribution in [0.4, 0.5) is 4.79 Å². The summed E-state index contributed by atoms with van der Waals surface area (Å²) >= 11 is 0. The van der Waals surface area contributed by atoms with E-state index in [1.54, 1.807) is 0 Å². The van der Waals surface area contributed by atoms with Crippen LogP contribution in [0.2, 0.25) is 0 Å². The van der Waals surface area contributed by atoms with Gasteiger partial charge in [0.25, 0.3) is 5.91 Å². The molecule has 1 aliphatic heterocycles. The number of β-amino-alcohol motifs (C(OH)–C–C–N with tert-alkyl or cyclic N) is 1. The highest BCUT2D eigenvalue weighted by Crippen LogP contribution is 2.38. The molecule has 2 fully saturated rings. The second-order valence-electron chi connectivity index (χ2n) is 7.43. The van der Waals surface area contributed by atoms with Gasteiger partial charge in [0.2, 0.25) is 0 Å². The number of urea groups is 1. The first-order valence-electron chi connectivity index (χ1n) is 9.50. The van der Waals surface area contributed by atoms with Crippen molar-refractivity contribution in [3.05, 3.63) is 29.8 Å². The number of ether oxygens (including phenoxy) is 1. The number of aliphatic hydroxyl groups is 1. The van der Waals surface area contributed by atoms with Gasteiger partial charge in [0.1, 0.15) is 24.0 Å². The van der Waals surface area contributed by atoms with Crippen molar-refractivity contribution < 1.29 is 19.4 Å². The number of hydrogen-bond acceptors (Lipinski definition) is 4. The lowest BCUT2D eigenvalue weighted by Gasteiger charge is -2.36. The molecule has 142 valence electrons. The van der Waals surface area contributed by atoms with Gasteiger partial charge in [-0.25, -0.2) is 4.79 Å². The Hall–Kier alpha value is -2.08. The number of carbonyl (C=O) groups is 2.